The Labute approximate surface area is 158 Å². The molecule has 0 radical (unpaired) electrons. The zero-order valence-electron chi connectivity index (χ0n) is 15.9. The number of morpholine rings is 1. The van der Waals surface area contributed by atoms with Crippen molar-refractivity contribution in [3.63, 3.8) is 0 Å². The normalized spacial score (nSPS) is 20.7. The van der Waals surface area contributed by atoms with E-state index in [0.29, 0.717) is 23.1 Å². The van der Waals surface area contributed by atoms with Gasteiger partial charge in [-0.15, -0.1) is 0 Å². The summed E-state index contributed by atoms with van der Waals surface area (Å²) in [6.45, 7) is 5.75. The number of hydrogen-bond donors (Lipinski definition) is 1. The maximum Gasteiger partial charge on any atom is 0.287 e. The van der Waals surface area contributed by atoms with E-state index < -0.39 is 0 Å². The molecule has 2 aliphatic rings. The van der Waals surface area contributed by atoms with Crippen molar-refractivity contribution < 1.29 is 18.3 Å². The van der Waals surface area contributed by atoms with E-state index in [1.54, 1.807) is 13.0 Å². The van der Waals surface area contributed by atoms with Crippen molar-refractivity contribution in [2.24, 2.45) is 0 Å². The molecular weight excluding hydrogens is 347 g/mol. The molecule has 1 aliphatic heterocycles. The lowest BCUT2D eigenvalue weighted by atomic mass is 9.79. The molecule has 1 aromatic carbocycles. The van der Waals surface area contributed by atoms with Gasteiger partial charge in [0.1, 0.15) is 11.4 Å². The smallest absolute Gasteiger partial charge is 0.287 e. The molecule has 6 heteroatoms. The molecule has 0 unspecified atom stereocenters. The number of carbonyl (C=O) groups excluding carboxylic acids is 1. The number of amides is 1. The number of carbonyl (C=O) groups is 1. The van der Waals surface area contributed by atoms with Crippen molar-refractivity contribution >= 4 is 16.9 Å². The number of halogens is 1. The second-order valence-corrected chi connectivity index (χ2v) is 7.76. The van der Waals surface area contributed by atoms with Crippen LogP contribution in [0.4, 0.5) is 4.39 Å². The monoisotopic (exact) mass is 374 g/mol. The van der Waals surface area contributed by atoms with Gasteiger partial charge in [0, 0.05) is 36.1 Å². The van der Waals surface area contributed by atoms with Crippen LogP contribution in [0.1, 0.15) is 48.2 Å². The van der Waals surface area contributed by atoms with Gasteiger partial charge in [0.05, 0.1) is 13.2 Å². The number of benzene rings is 1. The molecule has 5 nitrogen and oxygen atoms in total. The van der Waals surface area contributed by atoms with Crippen LogP contribution in [0, 0.1) is 12.7 Å². The van der Waals surface area contributed by atoms with Crippen molar-refractivity contribution in [3.8, 4) is 0 Å². The molecule has 1 saturated heterocycles. The van der Waals surface area contributed by atoms with Gasteiger partial charge in [-0.1, -0.05) is 19.3 Å². The lowest BCUT2D eigenvalue weighted by molar-refractivity contribution is -0.0362. The zero-order valence-corrected chi connectivity index (χ0v) is 15.9. The first-order valence-corrected chi connectivity index (χ1v) is 9.89. The Hall–Kier alpha value is -1.92. The van der Waals surface area contributed by atoms with E-state index in [9.17, 15) is 9.18 Å². The second kappa shape index (κ2) is 7.60. The van der Waals surface area contributed by atoms with Gasteiger partial charge in [0.2, 0.25) is 0 Å². The molecule has 0 bridgehead atoms. The molecule has 146 valence electrons. The van der Waals surface area contributed by atoms with Gasteiger partial charge in [-0.3, -0.25) is 9.69 Å². The summed E-state index contributed by atoms with van der Waals surface area (Å²) in [7, 11) is 0. The maximum atomic E-state index is 13.5. The minimum absolute atomic E-state index is 0.00369. The number of fused-ring (bicyclic) bond motifs is 1. The molecule has 4 rings (SSSR count). The van der Waals surface area contributed by atoms with Crippen LogP contribution in [0.2, 0.25) is 0 Å². The molecule has 1 amide bonds. The van der Waals surface area contributed by atoms with Gasteiger partial charge < -0.3 is 14.5 Å². The molecular formula is C21H27FN2O3. The van der Waals surface area contributed by atoms with Crippen molar-refractivity contribution in [1.82, 2.24) is 10.2 Å². The topological polar surface area (TPSA) is 54.7 Å². The van der Waals surface area contributed by atoms with E-state index in [-0.39, 0.29) is 23.0 Å². The van der Waals surface area contributed by atoms with Crippen LogP contribution in [0.5, 0.6) is 0 Å². The van der Waals surface area contributed by atoms with Crippen molar-refractivity contribution in [1.29, 1.82) is 0 Å². The Balaban J connectivity index is 1.52. The average Bonchev–Trinajstić information content (AvgIpc) is 3.04. The lowest BCUT2D eigenvalue weighted by Gasteiger charge is -2.48. The molecule has 1 saturated carbocycles. The molecule has 1 N–H and O–H groups in total. The molecule has 1 aromatic heterocycles. The molecule has 2 fully saturated rings. The predicted octanol–water partition coefficient (Wildman–Crippen LogP) is 3.65. The second-order valence-electron chi connectivity index (χ2n) is 7.76. The van der Waals surface area contributed by atoms with Gasteiger partial charge in [-0.05, 0) is 38.0 Å². The number of aryl methyl sites for hydroxylation is 1. The summed E-state index contributed by atoms with van der Waals surface area (Å²) < 4.78 is 24.8. The van der Waals surface area contributed by atoms with E-state index >= 15 is 0 Å². The van der Waals surface area contributed by atoms with Crippen LogP contribution in [0.15, 0.2) is 22.6 Å². The molecule has 2 heterocycles. The predicted molar refractivity (Wildman–Crippen MR) is 101 cm³/mol. The third kappa shape index (κ3) is 3.60. The van der Waals surface area contributed by atoms with E-state index in [1.807, 2.05) is 0 Å². The maximum absolute atomic E-state index is 13.5. The van der Waals surface area contributed by atoms with Gasteiger partial charge >= 0.3 is 0 Å². The number of hydrogen-bond acceptors (Lipinski definition) is 4. The van der Waals surface area contributed by atoms with Gasteiger partial charge in [0.25, 0.3) is 5.91 Å². The number of furan rings is 1. The van der Waals surface area contributed by atoms with Gasteiger partial charge in [-0.25, -0.2) is 4.39 Å². The van der Waals surface area contributed by atoms with Crippen LogP contribution >= 0.6 is 0 Å². The average molecular weight is 374 g/mol. The van der Waals surface area contributed by atoms with Gasteiger partial charge in [0.15, 0.2) is 5.76 Å². The molecule has 1 aliphatic carbocycles. The van der Waals surface area contributed by atoms with Crippen molar-refractivity contribution in [2.75, 3.05) is 32.8 Å². The van der Waals surface area contributed by atoms with Crippen LogP contribution in [-0.4, -0.2) is 49.2 Å². The van der Waals surface area contributed by atoms with Gasteiger partial charge in [-0.2, -0.15) is 0 Å². The van der Waals surface area contributed by atoms with Crippen LogP contribution in [0.3, 0.4) is 0 Å². The first-order chi connectivity index (χ1) is 13.1. The first-order valence-electron chi connectivity index (χ1n) is 9.89. The summed E-state index contributed by atoms with van der Waals surface area (Å²) >= 11 is 0. The number of ether oxygens (including phenoxy) is 1. The molecule has 0 atom stereocenters. The summed E-state index contributed by atoms with van der Waals surface area (Å²) in [5, 5.41) is 3.77. The Morgan fingerprint density at radius 2 is 1.96 bits per heavy atom. The number of nitrogens with one attached hydrogen (secondary N) is 1. The van der Waals surface area contributed by atoms with Crippen LogP contribution in [0.25, 0.3) is 11.0 Å². The van der Waals surface area contributed by atoms with E-state index in [0.717, 1.165) is 39.1 Å². The largest absolute Gasteiger partial charge is 0.451 e. The fourth-order valence-electron chi connectivity index (χ4n) is 4.59. The zero-order chi connectivity index (χ0) is 18.9. The summed E-state index contributed by atoms with van der Waals surface area (Å²) in [5.74, 6) is -0.266. The van der Waals surface area contributed by atoms with E-state index in [4.69, 9.17) is 9.15 Å². The minimum atomic E-state index is -0.327. The molecule has 27 heavy (non-hydrogen) atoms. The number of rotatable bonds is 4. The Morgan fingerprint density at radius 3 is 2.70 bits per heavy atom. The Morgan fingerprint density at radius 1 is 1.22 bits per heavy atom. The van der Waals surface area contributed by atoms with Crippen molar-refractivity contribution in [2.45, 2.75) is 44.6 Å². The third-order valence-electron chi connectivity index (χ3n) is 6.15. The highest BCUT2D eigenvalue weighted by Crippen LogP contribution is 2.34. The SMILES string of the molecule is Cc1c(C(=O)NCC2(N3CCOCC3)CCCCC2)oc2ccc(F)cc12. The highest BCUT2D eigenvalue weighted by molar-refractivity contribution is 5.98. The minimum Gasteiger partial charge on any atom is -0.451 e. The standard InChI is InChI=1S/C21H27FN2O3/c1-15-17-13-16(22)5-6-18(17)27-19(15)20(25)23-14-21(7-3-2-4-8-21)24-9-11-26-12-10-24/h5-6,13H,2-4,7-12,14H2,1H3,(H,23,25). The highest BCUT2D eigenvalue weighted by atomic mass is 19.1. The van der Waals surface area contributed by atoms with E-state index in [2.05, 4.69) is 10.2 Å². The Bertz CT molecular complexity index is 820. The summed E-state index contributed by atoms with van der Waals surface area (Å²) in [6.07, 6.45) is 5.83. The fraction of sp³-hybridized carbons (Fsp3) is 0.571. The van der Waals surface area contributed by atoms with Crippen molar-refractivity contribution in [3.05, 3.63) is 35.3 Å². The summed E-state index contributed by atoms with van der Waals surface area (Å²) in [5.41, 5.74) is 1.23. The summed E-state index contributed by atoms with van der Waals surface area (Å²) in [6, 6.07) is 4.34. The lowest BCUT2D eigenvalue weighted by Crippen LogP contribution is -2.59. The fourth-order valence-corrected chi connectivity index (χ4v) is 4.59. The quantitative estimate of drug-likeness (QED) is 0.888. The first kappa shape index (κ1) is 18.4. The molecule has 2 aromatic rings. The highest BCUT2D eigenvalue weighted by Gasteiger charge is 2.39. The number of nitrogens with zero attached hydrogens (tertiary/aromatic N) is 1. The van der Waals surface area contributed by atoms with Crippen LogP contribution in [-0.2, 0) is 4.74 Å². The molecule has 0 spiro atoms. The Kier molecular flexibility index (Phi) is 5.19. The van der Waals surface area contributed by atoms with Crippen LogP contribution < -0.4 is 5.32 Å². The van der Waals surface area contributed by atoms with E-state index in [1.165, 1.54) is 31.4 Å². The summed E-state index contributed by atoms with van der Waals surface area (Å²) in [4.78, 5) is 15.3. The third-order valence-corrected chi connectivity index (χ3v) is 6.15.